The molecule has 2 nitrogen and oxygen atoms in total. The molecule has 1 unspecified atom stereocenters. The third kappa shape index (κ3) is 2.04. The summed E-state index contributed by atoms with van der Waals surface area (Å²) in [7, 11) is 0. The van der Waals surface area contributed by atoms with Crippen molar-refractivity contribution < 1.29 is 4.42 Å². The van der Waals surface area contributed by atoms with Crippen LogP contribution in [0.2, 0.25) is 0 Å². The zero-order valence-electron chi connectivity index (χ0n) is 11.2. The Kier molecular flexibility index (Phi) is 2.88. The van der Waals surface area contributed by atoms with Crippen LogP contribution in [0.25, 0.3) is 11.0 Å². The summed E-state index contributed by atoms with van der Waals surface area (Å²) in [5, 5.41) is 1.09. The van der Waals surface area contributed by atoms with E-state index in [1.54, 1.807) is 6.26 Å². The van der Waals surface area contributed by atoms with Crippen LogP contribution in [0.3, 0.4) is 0 Å². The Morgan fingerprint density at radius 3 is 2.58 bits per heavy atom. The first-order valence-corrected chi connectivity index (χ1v) is 6.45. The van der Waals surface area contributed by atoms with E-state index in [1.807, 2.05) is 18.2 Å². The Hall–Kier alpha value is -2.06. The van der Waals surface area contributed by atoms with E-state index >= 15 is 0 Å². The van der Waals surface area contributed by atoms with Crippen LogP contribution in [0.15, 0.2) is 53.1 Å². The van der Waals surface area contributed by atoms with Crippen LogP contribution >= 0.6 is 0 Å². The quantitative estimate of drug-likeness (QED) is 0.744. The number of aryl methyl sites for hydroxylation is 2. The molecule has 96 valence electrons. The maximum Gasteiger partial charge on any atom is 0.134 e. The van der Waals surface area contributed by atoms with E-state index in [1.165, 1.54) is 11.1 Å². The largest absolute Gasteiger partial charge is 0.464 e. The van der Waals surface area contributed by atoms with Crippen LogP contribution in [0.1, 0.15) is 28.3 Å². The monoisotopic (exact) mass is 251 g/mol. The van der Waals surface area contributed by atoms with E-state index in [2.05, 4.69) is 38.1 Å². The molecule has 2 aromatic carbocycles. The lowest BCUT2D eigenvalue weighted by molar-refractivity contribution is 0.607. The van der Waals surface area contributed by atoms with Crippen molar-refractivity contribution in [1.29, 1.82) is 0 Å². The van der Waals surface area contributed by atoms with E-state index in [0.717, 1.165) is 22.1 Å². The van der Waals surface area contributed by atoms with Gasteiger partial charge in [0.1, 0.15) is 5.58 Å². The summed E-state index contributed by atoms with van der Waals surface area (Å²) < 4.78 is 5.58. The maximum absolute atomic E-state index is 6.42. The molecule has 0 saturated heterocycles. The molecule has 0 aliphatic heterocycles. The van der Waals surface area contributed by atoms with E-state index < -0.39 is 0 Å². The van der Waals surface area contributed by atoms with Gasteiger partial charge in [-0.05, 0) is 31.0 Å². The smallest absolute Gasteiger partial charge is 0.134 e. The highest BCUT2D eigenvalue weighted by Crippen LogP contribution is 2.30. The lowest BCUT2D eigenvalue weighted by atomic mass is 9.94. The topological polar surface area (TPSA) is 39.2 Å². The molecule has 1 atom stereocenters. The first-order chi connectivity index (χ1) is 9.16. The van der Waals surface area contributed by atoms with Crippen molar-refractivity contribution in [2.45, 2.75) is 19.9 Å². The number of nitrogens with two attached hydrogens (primary N) is 1. The molecule has 0 fully saturated rings. The molecule has 1 heterocycles. The van der Waals surface area contributed by atoms with E-state index in [9.17, 15) is 0 Å². The molecule has 3 rings (SSSR count). The van der Waals surface area contributed by atoms with Gasteiger partial charge in [0.2, 0.25) is 0 Å². The molecule has 0 radical (unpaired) electrons. The normalized spacial score (nSPS) is 12.8. The number of rotatable bonds is 2. The highest BCUT2D eigenvalue weighted by atomic mass is 16.3. The van der Waals surface area contributed by atoms with Crippen LogP contribution in [0.4, 0.5) is 0 Å². The molecule has 0 saturated carbocycles. The number of hydrogen-bond donors (Lipinski definition) is 1. The molecule has 0 bridgehead atoms. The summed E-state index contributed by atoms with van der Waals surface area (Å²) in [5.74, 6) is 0. The summed E-state index contributed by atoms with van der Waals surface area (Å²) in [6.45, 7) is 4.19. The molecule has 0 aliphatic carbocycles. The van der Waals surface area contributed by atoms with E-state index in [-0.39, 0.29) is 6.04 Å². The molecular weight excluding hydrogens is 234 g/mol. The van der Waals surface area contributed by atoms with Crippen LogP contribution in [0.5, 0.6) is 0 Å². The predicted octanol–water partition coefficient (Wildman–Crippen LogP) is 4.10. The highest BCUT2D eigenvalue weighted by Gasteiger charge is 2.16. The molecule has 19 heavy (non-hydrogen) atoms. The van der Waals surface area contributed by atoms with Gasteiger partial charge < -0.3 is 10.2 Å². The fourth-order valence-corrected chi connectivity index (χ4v) is 2.58. The molecule has 0 amide bonds. The molecule has 1 aromatic heterocycles. The van der Waals surface area contributed by atoms with Crippen LogP contribution in [-0.4, -0.2) is 0 Å². The number of benzene rings is 2. The van der Waals surface area contributed by atoms with Gasteiger partial charge in [-0.2, -0.15) is 0 Å². The molecular formula is C17H17NO. The van der Waals surface area contributed by atoms with E-state index in [4.69, 9.17) is 10.2 Å². The maximum atomic E-state index is 6.42. The molecule has 2 heteroatoms. The van der Waals surface area contributed by atoms with Crippen molar-refractivity contribution in [3.63, 3.8) is 0 Å². The predicted molar refractivity (Wildman–Crippen MR) is 78.2 cm³/mol. The third-order valence-corrected chi connectivity index (χ3v) is 3.61. The van der Waals surface area contributed by atoms with Crippen molar-refractivity contribution in [1.82, 2.24) is 0 Å². The van der Waals surface area contributed by atoms with Gasteiger partial charge in [-0.1, -0.05) is 42.0 Å². The number of fused-ring (bicyclic) bond motifs is 1. The Bertz CT molecular complexity index is 727. The first-order valence-electron chi connectivity index (χ1n) is 6.45. The second kappa shape index (κ2) is 4.56. The lowest BCUT2D eigenvalue weighted by Crippen LogP contribution is -2.12. The second-order valence-electron chi connectivity index (χ2n) is 5.02. The van der Waals surface area contributed by atoms with Crippen molar-refractivity contribution in [2.24, 2.45) is 5.73 Å². The second-order valence-corrected chi connectivity index (χ2v) is 5.02. The van der Waals surface area contributed by atoms with Gasteiger partial charge >= 0.3 is 0 Å². The van der Waals surface area contributed by atoms with Gasteiger partial charge in [0, 0.05) is 10.9 Å². The highest BCUT2D eigenvalue weighted by molar-refractivity contribution is 5.82. The third-order valence-electron chi connectivity index (χ3n) is 3.61. The average molecular weight is 251 g/mol. The van der Waals surface area contributed by atoms with Gasteiger partial charge in [0.05, 0.1) is 12.3 Å². The Balaban J connectivity index is 2.10. The van der Waals surface area contributed by atoms with Crippen LogP contribution in [0, 0.1) is 13.8 Å². The van der Waals surface area contributed by atoms with Crippen LogP contribution in [-0.2, 0) is 0 Å². The Labute approximate surface area is 112 Å². The van der Waals surface area contributed by atoms with Gasteiger partial charge in [-0.15, -0.1) is 0 Å². The minimum Gasteiger partial charge on any atom is -0.464 e. The van der Waals surface area contributed by atoms with Gasteiger partial charge in [0.15, 0.2) is 0 Å². The first kappa shape index (κ1) is 12.0. The summed E-state index contributed by atoms with van der Waals surface area (Å²) >= 11 is 0. The summed E-state index contributed by atoms with van der Waals surface area (Å²) in [6, 6.07) is 14.2. The molecule has 3 aromatic rings. The molecule has 0 aliphatic rings. The average Bonchev–Trinajstić information content (AvgIpc) is 2.82. The van der Waals surface area contributed by atoms with Crippen molar-refractivity contribution >= 4 is 11.0 Å². The Morgan fingerprint density at radius 1 is 1.00 bits per heavy atom. The van der Waals surface area contributed by atoms with Gasteiger partial charge in [-0.3, -0.25) is 0 Å². The Morgan fingerprint density at radius 2 is 1.79 bits per heavy atom. The number of hydrogen-bond acceptors (Lipinski definition) is 2. The minimum absolute atomic E-state index is 0.149. The summed E-state index contributed by atoms with van der Waals surface area (Å²) in [4.78, 5) is 0. The van der Waals surface area contributed by atoms with Crippen molar-refractivity contribution in [3.05, 3.63) is 71.0 Å². The standard InChI is InChI=1S/C17H17NO/c1-11-7-8-13(12(2)9-11)17(18)15-10-19-16-6-4-3-5-14(15)16/h3-10,17H,18H2,1-2H3. The minimum atomic E-state index is -0.149. The zero-order valence-corrected chi connectivity index (χ0v) is 11.2. The fraction of sp³-hybridized carbons (Fsp3) is 0.176. The molecule has 2 N–H and O–H groups in total. The number of furan rings is 1. The zero-order chi connectivity index (χ0) is 13.4. The SMILES string of the molecule is Cc1ccc(C(N)c2coc3ccccc23)c(C)c1. The van der Waals surface area contributed by atoms with Crippen molar-refractivity contribution in [3.8, 4) is 0 Å². The molecule has 0 spiro atoms. The summed E-state index contributed by atoms with van der Waals surface area (Å²) in [5.41, 5.74) is 12.0. The fourth-order valence-electron chi connectivity index (χ4n) is 2.58. The van der Waals surface area contributed by atoms with Gasteiger partial charge in [0.25, 0.3) is 0 Å². The summed E-state index contributed by atoms with van der Waals surface area (Å²) in [6.07, 6.45) is 1.77. The van der Waals surface area contributed by atoms with E-state index in [0.29, 0.717) is 0 Å². The lowest BCUT2D eigenvalue weighted by Gasteiger charge is -2.14. The van der Waals surface area contributed by atoms with Gasteiger partial charge in [-0.25, -0.2) is 0 Å². The number of para-hydroxylation sites is 1. The van der Waals surface area contributed by atoms with Crippen molar-refractivity contribution in [2.75, 3.05) is 0 Å². The van der Waals surface area contributed by atoms with Crippen LogP contribution < -0.4 is 5.73 Å².